The number of ether oxygens (including phenoxy) is 1. The van der Waals surface area contributed by atoms with Gasteiger partial charge in [0.1, 0.15) is 0 Å². The van der Waals surface area contributed by atoms with Crippen LogP contribution in [0, 0.1) is 22.7 Å². The van der Waals surface area contributed by atoms with Gasteiger partial charge in [-0.2, -0.15) is 5.26 Å². The second-order valence-corrected chi connectivity index (χ2v) is 4.01. The third-order valence-electron chi connectivity index (χ3n) is 3.47. The van der Waals surface area contributed by atoms with Crippen molar-refractivity contribution in [2.45, 2.75) is 32.1 Å². The van der Waals surface area contributed by atoms with Gasteiger partial charge in [-0.25, -0.2) is 0 Å². The van der Waals surface area contributed by atoms with E-state index < -0.39 is 0 Å². The van der Waals surface area contributed by atoms with E-state index in [2.05, 4.69) is 6.07 Å². The number of rotatable bonds is 1. The van der Waals surface area contributed by atoms with Crippen molar-refractivity contribution in [2.75, 3.05) is 13.2 Å². The van der Waals surface area contributed by atoms with Crippen LogP contribution in [-0.4, -0.2) is 13.2 Å². The highest BCUT2D eigenvalue weighted by Crippen LogP contribution is 2.49. The Morgan fingerprint density at radius 3 is 2.33 bits per heavy atom. The van der Waals surface area contributed by atoms with E-state index in [1.807, 2.05) is 0 Å². The molecule has 0 unspecified atom stereocenters. The largest absolute Gasteiger partial charge is 0.381 e. The summed E-state index contributed by atoms with van der Waals surface area (Å²) in [6, 6.07) is 2.53. The monoisotopic (exact) mass is 165 g/mol. The van der Waals surface area contributed by atoms with E-state index >= 15 is 0 Å². The molecule has 0 aromatic carbocycles. The average Bonchev–Trinajstić information content (AvgIpc) is 2.05. The lowest BCUT2D eigenvalue weighted by Gasteiger charge is -2.43. The molecule has 2 nitrogen and oxygen atoms in total. The standard InChI is InChI=1S/C10H15NO/c11-8-10(4-1-5-10)9-2-6-12-7-3-9/h9H,1-7H2. The zero-order valence-corrected chi connectivity index (χ0v) is 7.38. The van der Waals surface area contributed by atoms with Crippen molar-refractivity contribution in [3.8, 4) is 6.07 Å². The van der Waals surface area contributed by atoms with Crippen molar-refractivity contribution >= 4 is 0 Å². The normalized spacial score (nSPS) is 28.9. The first kappa shape index (κ1) is 8.07. The highest BCUT2D eigenvalue weighted by molar-refractivity contribution is 5.08. The Kier molecular flexibility index (Phi) is 2.06. The summed E-state index contributed by atoms with van der Waals surface area (Å²) in [6.07, 6.45) is 5.73. The van der Waals surface area contributed by atoms with Crippen LogP contribution in [0.25, 0.3) is 0 Å². The minimum absolute atomic E-state index is 0.0593. The second-order valence-electron chi connectivity index (χ2n) is 4.01. The molecule has 1 aliphatic carbocycles. The SMILES string of the molecule is N#CC1(C2CCOCC2)CCC1. The fourth-order valence-electron chi connectivity index (χ4n) is 2.42. The molecule has 2 rings (SSSR count). The average molecular weight is 165 g/mol. The molecule has 1 aliphatic heterocycles. The van der Waals surface area contributed by atoms with E-state index in [-0.39, 0.29) is 5.41 Å². The van der Waals surface area contributed by atoms with Gasteiger partial charge in [0.15, 0.2) is 0 Å². The molecule has 0 amide bonds. The Balaban J connectivity index is 2.01. The van der Waals surface area contributed by atoms with Gasteiger partial charge in [0.25, 0.3) is 0 Å². The lowest BCUT2D eigenvalue weighted by atomic mass is 9.60. The van der Waals surface area contributed by atoms with Gasteiger partial charge >= 0.3 is 0 Å². The molecular weight excluding hydrogens is 150 g/mol. The Morgan fingerprint density at radius 2 is 1.92 bits per heavy atom. The molecule has 1 heterocycles. The van der Waals surface area contributed by atoms with Crippen LogP contribution in [0.4, 0.5) is 0 Å². The highest BCUT2D eigenvalue weighted by atomic mass is 16.5. The molecule has 12 heavy (non-hydrogen) atoms. The summed E-state index contributed by atoms with van der Waals surface area (Å²) in [7, 11) is 0. The summed E-state index contributed by atoms with van der Waals surface area (Å²) in [5.74, 6) is 0.630. The van der Waals surface area contributed by atoms with Crippen molar-refractivity contribution in [1.29, 1.82) is 5.26 Å². The van der Waals surface area contributed by atoms with Crippen molar-refractivity contribution in [2.24, 2.45) is 11.3 Å². The van der Waals surface area contributed by atoms with Crippen LogP contribution >= 0.6 is 0 Å². The highest BCUT2D eigenvalue weighted by Gasteiger charge is 2.44. The van der Waals surface area contributed by atoms with Crippen LogP contribution in [0.1, 0.15) is 32.1 Å². The first-order valence-electron chi connectivity index (χ1n) is 4.86. The summed E-state index contributed by atoms with van der Waals surface area (Å²) >= 11 is 0. The Hall–Kier alpha value is -0.550. The Labute approximate surface area is 73.5 Å². The van der Waals surface area contributed by atoms with Gasteiger partial charge in [0, 0.05) is 13.2 Å². The van der Waals surface area contributed by atoms with Gasteiger partial charge in [0.05, 0.1) is 11.5 Å². The first-order valence-corrected chi connectivity index (χ1v) is 4.86. The maximum Gasteiger partial charge on any atom is 0.0692 e. The van der Waals surface area contributed by atoms with Crippen LogP contribution in [-0.2, 0) is 4.74 Å². The van der Waals surface area contributed by atoms with Crippen LogP contribution in [0.2, 0.25) is 0 Å². The minimum atomic E-state index is 0.0593. The molecule has 0 aromatic rings. The topological polar surface area (TPSA) is 33.0 Å². The Bertz CT molecular complexity index is 196. The van der Waals surface area contributed by atoms with Gasteiger partial charge in [0.2, 0.25) is 0 Å². The van der Waals surface area contributed by atoms with E-state index in [1.54, 1.807) is 0 Å². The van der Waals surface area contributed by atoms with Crippen LogP contribution in [0.5, 0.6) is 0 Å². The fraction of sp³-hybridized carbons (Fsp3) is 0.900. The summed E-state index contributed by atoms with van der Waals surface area (Å²) in [5, 5.41) is 9.10. The van der Waals surface area contributed by atoms with Gasteiger partial charge in [-0.3, -0.25) is 0 Å². The molecule has 66 valence electrons. The summed E-state index contributed by atoms with van der Waals surface area (Å²) in [6.45, 7) is 1.74. The molecule has 2 heteroatoms. The molecule has 0 aromatic heterocycles. The lowest BCUT2D eigenvalue weighted by Crippen LogP contribution is -2.39. The predicted molar refractivity (Wildman–Crippen MR) is 45.4 cm³/mol. The van der Waals surface area contributed by atoms with E-state index in [0.717, 1.165) is 38.9 Å². The molecule has 0 atom stereocenters. The van der Waals surface area contributed by atoms with E-state index in [4.69, 9.17) is 10.00 Å². The van der Waals surface area contributed by atoms with E-state index in [1.165, 1.54) is 6.42 Å². The third kappa shape index (κ3) is 1.13. The zero-order valence-electron chi connectivity index (χ0n) is 7.38. The maximum absolute atomic E-state index is 9.10. The molecule has 2 aliphatic rings. The van der Waals surface area contributed by atoms with Crippen molar-refractivity contribution in [1.82, 2.24) is 0 Å². The summed E-state index contributed by atoms with van der Waals surface area (Å²) < 4.78 is 5.30. The fourth-order valence-corrected chi connectivity index (χ4v) is 2.42. The summed E-state index contributed by atoms with van der Waals surface area (Å²) in [5.41, 5.74) is 0.0593. The zero-order chi connectivity index (χ0) is 8.44. The van der Waals surface area contributed by atoms with Crippen LogP contribution < -0.4 is 0 Å². The molecule has 0 radical (unpaired) electrons. The van der Waals surface area contributed by atoms with Gasteiger partial charge < -0.3 is 4.74 Å². The number of hydrogen-bond donors (Lipinski definition) is 0. The smallest absolute Gasteiger partial charge is 0.0692 e. The van der Waals surface area contributed by atoms with Crippen molar-refractivity contribution in [3.63, 3.8) is 0 Å². The van der Waals surface area contributed by atoms with E-state index in [0.29, 0.717) is 5.92 Å². The quantitative estimate of drug-likeness (QED) is 0.596. The summed E-state index contributed by atoms with van der Waals surface area (Å²) in [4.78, 5) is 0. The number of nitriles is 1. The van der Waals surface area contributed by atoms with E-state index in [9.17, 15) is 0 Å². The van der Waals surface area contributed by atoms with Crippen LogP contribution in [0.3, 0.4) is 0 Å². The number of nitrogens with zero attached hydrogens (tertiary/aromatic N) is 1. The molecule has 0 N–H and O–H groups in total. The lowest BCUT2D eigenvalue weighted by molar-refractivity contribution is 0.000714. The first-order chi connectivity index (χ1) is 5.87. The predicted octanol–water partition coefficient (Wildman–Crippen LogP) is 2.11. The molecule has 0 bridgehead atoms. The molecule has 1 saturated heterocycles. The van der Waals surface area contributed by atoms with Gasteiger partial charge in [-0.15, -0.1) is 0 Å². The minimum Gasteiger partial charge on any atom is -0.381 e. The third-order valence-corrected chi connectivity index (χ3v) is 3.47. The van der Waals surface area contributed by atoms with Gasteiger partial charge in [-0.05, 0) is 31.6 Å². The molecule has 0 spiro atoms. The molecular formula is C10H15NO. The van der Waals surface area contributed by atoms with Crippen LogP contribution in [0.15, 0.2) is 0 Å². The molecule has 2 fully saturated rings. The second kappa shape index (κ2) is 3.06. The van der Waals surface area contributed by atoms with Crippen molar-refractivity contribution < 1.29 is 4.74 Å². The Morgan fingerprint density at radius 1 is 1.25 bits per heavy atom. The maximum atomic E-state index is 9.10. The molecule has 1 saturated carbocycles. The van der Waals surface area contributed by atoms with Gasteiger partial charge in [-0.1, -0.05) is 6.42 Å². The van der Waals surface area contributed by atoms with Crippen molar-refractivity contribution in [3.05, 3.63) is 0 Å². The number of hydrogen-bond acceptors (Lipinski definition) is 2.